The summed E-state index contributed by atoms with van der Waals surface area (Å²) in [6.45, 7) is -0.415. The van der Waals surface area contributed by atoms with Gasteiger partial charge in [-0.2, -0.15) is 8.78 Å². The van der Waals surface area contributed by atoms with Gasteiger partial charge >= 0.3 is 12.6 Å². The van der Waals surface area contributed by atoms with Crippen LogP contribution in [0.25, 0.3) is 0 Å². The van der Waals surface area contributed by atoms with Gasteiger partial charge in [-0.05, 0) is 43.2 Å². The van der Waals surface area contributed by atoms with E-state index in [-0.39, 0.29) is 11.8 Å². The van der Waals surface area contributed by atoms with Gasteiger partial charge in [-0.25, -0.2) is 4.79 Å². The molecule has 4 nitrogen and oxygen atoms in total. The Balaban J connectivity index is 1.73. The number of alkyl halides is 2. The summed E-state index contributed by atoms with van der Waals surface area (Å²) in [7, 11) is 0. The molecule has 0 radical (unpaired) electrons. The van der Waals surface area contributed by atoms with Crippen LogP contribution in [0.4, 0.5) is 19.3 Å². The number of ether oxygens (including phenoxy) is 1. The van der Waals surface area contributed by atoms with Crippen molar-refractivity contribution in [1.29, 1.82) is 0 Å². The number of halogens is 2. The number of amides is 2. The third-order valence-electron chi connectivity index (χ3n) is 3.16. The first-order valence-electron chi connectivity index (χ1n) is 7.18. The van der Waals surface area contributed by atoms with Crippen LogP contribution >= 0.6 is 0 Å². The minimum Gasteiger partial charge on any atom is -0.435 e. The van der Waals surface area contributed by atoms with Gasteiger partial charge in [0, 0.05) is 12.2 Å². The fraction of sp³-hybridized carbons (Fsp3) is 0.235. The van der Waals surface area contributed by atoms with E-state index in [0.29, 0.717) is 13.0 Å². The summed E-state index contributed by atoms with van der Waals surface area (Å²) in [4.78, 5) is 11.7. The Bertz CT molecular complexity index is 628. The van der Waals surface area contributed by atoms with Crippen LogP contribution in [0.15, 0.2) is 48.5 Å². The normalized spacial score (nSPS) is 10.4. The lowest BCUT2D eigenvalue weighted by Gasteiger charge is -2.09. The minimum absolute atomic E-state index is 0.119. The Morgan fingerprint density at radius 3 is 2.35 bits per heavy atom. The van der Waals surface area contributed by atoms with Crippen LogP contribution in [0.2, 0.25) is 0 Å². The molecule has 2 amide bonds. The Labute approximate surface area is 133 Å². The smallest absolute Gasteiger partial charge is 0.387 e. The van der Waals surface area contributed by atoms with Crippen molar-refractivity contribution in [2.45, 2.75) is 20.0 Å². The maximum atomic E-state index is 12.0. The maximum absolute atomic E-state index is 12.0. The standard InChI is InChI=1S/C17H18F2N2O2/c1-12-2-6-14(7-3-12)21-17(22)20-11-10-13-4-8-15(9-5-13)23-16(18)19/h2-9,16H,10-11H2,1H3,(H2,20,21,22). The number of rotatable bonds is 6. The van der Waals surface area contributed by atoms with E-state index >= 15 is 0 Å². The zero-order valence-electron chi connectivity index (χ0n) is 12.7. The van der Waals surface area contributed by atoms with Crippen molar-refractivity contribution >= 4 is 11.7 Å². The first-order chi connectivity index (χ1) is 11.0. The summed E-state index contributed by atoms with van der Waals surface area (Å²) in [5, 5.41) is 5.47. The summed E-state index contributed by atoms with van der Waals surface area (Å²) >= 11 is 0. The van der Waals surface area contributed by atoms with E-state index in [4.69, 9.17) is 0 Å². The molecule has 0 fully saturated rings. The molecular formula is C17H18F2N2O2. The molecule has 0 atom stereocenters. The highest BCUT2D eigenvalue weighted by Gasteiger charge is 2.04. The second kappa shape index (κ2) is 8.12. The van der Waals surface area contributed by atoms with Crippen molar-refractivity contribution < 1.29 is 18.3 Å². The Kier molecular flexibility index (Phi) is 5.91. The topological polar surface area (TPSA) is 50.4 Å². The lowest BCUT2D eigenvalue weighted by molar-refractivity contribution is -0.0498. The summed E-state index contributed by atoms with van der Waals surface area (Å²) in [6, 6.07) is 13.5. The van der Waals surface area contributed by atoms with Gasteiger partial charge < -0.3 is 15.4 Å². The predicted molar refractivity (Wildman–Crippen MR) is 85.0 cm³/mol. The summed E-state index contributed by atoms with van der Waals surface area (Å²) < 4.78 is 28.3. The van der Waals surface area contributed by atoms with Gasteiger partial charge in [0.2, 0.25) is 0 Å². The number of hydrogen-bond acceptors (Lipinski definition) is 2. The van der Waals surface area contributed by atoms with Crippen LogP contribution in [-0.2, 0) is 6.42 Å². The Hall–Kier alpha value is -2.63. The van der Waals surface area contributed by atoms with E-state index in [1.54, 1.807) is 12.1 Å². The number of hydrogen-bond donors (Lipinski definition) is 2. The van der Waals surface area contributed by atoms with Gasteiger partial charge in [-0.3, -0.25) is 0 Å². The maximum Gasteiger partial charge on any atom is 0.387 e. The van der Waals surface area contributed by atoms with E-state index in [2.05, 4.69) is 15.4 Å². The molecule has 2 aromatic rings. The molecule has 0 saturated carbocycles. The molecule has 0 saturated heterocycles. The van der Waals surface area contributed by atoms with Crippen molar-refractivity contribution in [3.8, 4) is 5.75 Å². The van der Waals surface area contributed by atoms with Crippen LogP contribution < -0.4 is 15.4 Å². The van der Waals surface area contributed by atoms with E-state index in [9.17, 15) is 13.6 Å². The first kappa shape index (κ1) is 16.7. The highest BCUT2D eigenvalue weighted by atomic mass is 19.3. The minimum atomic E-state index is -2.83. The number of nitrogens with one attached hydrogen (secondary N) is 2. The molecule has 0 spiro atoms. The fourth-order valence-electron chi connectivity index (χ4n) is 1.97. The van der Waals surface area contributed by atoms with Crippen LogP contribution in [0.5, 0.6) is 5.75 Å². The molecule has 0 unspecified atom stereocenters. The van der Waals surface area contributed by atoms with Crippen LogP contribution in [-0.4, -0.2) is 19.2 Å². The molecular weight excluding hydrogens is 302 g/mol. The molecule has 0 aromatic heterocycles. The van der Waals surface area contributed by atoms with Gasteiger partial charge in [0.25, 0.3) is 0 Å². The molecule has 0 aliphatic carbocycles. The third-order valence-corrected chi connectivity index (χ3v) is 3.16. The lowest BCUT2D eigenvalue weighted by atomic mass is 10.1. The summed E-state index contributed by atoms with van der Waals surface area (Å²) in [5.41, 5.74) is 2.76. The first-order valence-corrected chi connectivity index (χ1v) is 7.18. The van der Waals surface area contributed by atoms with Gasteiger partial charge in [-0.15, -0.1) is 0 Å². The zero-order chi connectivity index (χ0) is 16.7. The Morgan fingerprint density at radius 1 is 1.09 bits per heavy atom. The fourth-order valence-corrected chi connectivity index (χ4v) is 1.97. The number of carbonyl (C=O) groups excluding carboxylic acids is 1. The monoisotopic (exact) mass is 320 g/mol. The van der Waals surface area contributed by atoms with Gasteiger partial charge in [0.05, 0.1) is 0 Å². The zero-order valence-corrected chi connectivity index (χ0v) is 12.7. The van der Waals surface area contributed by atoms with Crippen molar-refractivity contribution in [1.82, 2.24) is 5.32 Å². The van der Waals surface area contributed by atoms with E-state index in [1.165, 1.54) is 12.1 Å². The molecule has 2 N–H and O–H groups in total. The predicted octanol–water partition coefficient (Wildman–Crippen LogP) is 3.96. The molecule has 2 aromatic carbocycles. The van der Waals surface area contributed by atoms with Crippen molar-refractivity contribution in [3.63, 3.8) is 0 Å². The second-order valence-electron chi connectivity index (χ2n) is 5.02. The van der Waals surface area contributed by atoms with Crippen LogP contribution in [0.3, 0.4) is 0 Å². The second-order valence-corrected chi connectivity index (χ2v) is 5.02. The number of aryl methyl sites for hydroxylation is 1. The van der Waals surface area contributed by atoms with Crippen molar-refractivity contribution in [2.24, 2.45) is 0 Å². The third kappa shape index (κ3) is 5.94. The van der Waals surface area contributed by atoms with Crippen molar-refractivity contribution in [2.75, 3.05) is 11.9 Å². The number of carbonyl (C=O) groups is 1. The summed E-state index contributed by atoms with van der Waals surface area (Å²) in [5.74, 6) is 0.119. The van der Waals surface area contributed by atoms with Gasteiger partial charge in [0.1, 0.15) is 5.75 Å². The van der Waals surface area contributed by atoms with E-state index < -0.39 is 6.61 Å². The van der Waals surface area contributed by atoms with Gasteiger partial charge in [0.15, 0.2) is 0 Å². The molecule has 0 heterocycles. The largest absolute Gasteiger partial charge is 0.435 e. The van der Waals surface area contributed by atoms with E-state index in [1.807, 2.05) is 31.2 Å². The van der Waals surface area contributed by atoms with Crippen LogP contribution in [0, 0.1) is 6.92 Å². The van der Waals surface area contributed by atoms with Crippen LogP contribution in [0.1, 0.15) is 11.1 Å². The van der Waals surface area contributed by atoms with Gasteiger partial charge in [-0.1, -0.05) is 29.8 Å². The summed E-state index contributed by atoms with van der Waals surface area (Å²) in [6.07, 6.45) is 0.594. The molecule has 0 aliphatic heterocycles. The Morgan fingerprint density at radius 2 is 1.74 bits per heavy atom. The average molecular weight is 320 g/mol. The average Bonchev–Trinajstić information content (AvgIpc) is 2.51. The number of benzene rings is 2. The highest BCUT2D eigenvalue weighted by Crippen LogP contribution is 2.15. The number of anilines is 1. The number of urea groups is 1. The molecule has 2 rings (SSSR count). The molecule has 0 aliphatic rings. The van der Waals surface area contributed by atoms with Crippen molar-refractivity contribution in [3.05, 3.63) is 59.7 Å². The SMILES string of the molecule is Cc1ccc(NC(=O)NCCc2ccc(OC(F)F)cc2)cc1. The molecule has 0 bridgehead atoms. The molecule has 23 heavy (non-hydrogen) atoms. The highest BCUT2D eigenvalue weighted by molar-refractivity contribution is 5.89. The lowest BCUT2D eigenvalue weighted by Crippen LogP contribution is -2.30. The quantitative estimate of drug-likeness (QED) is 0.846. The molecule has 122 valence electrons. The molecule has 6 heteroatoms. The van der Waals surface area contributed by atoms with E-state index in [0.717, 1.165) is 16.8 Å².